The minimum Gasteiger partial charge on any atom is -0.258 e. The number of halogens is 3. The molecule has 2 aromatic rings. The molecule has 0 unspecified atom stereocenters. The molecule has 1 N–H and O–H groups in total. The predicted octanol–water partition coefficient (Wildman–Crippen LogP) is 4.08. The Morgan fingerprint density at radius 2 is 1.88 bits per heavy atom. The first-order valence-corrected chi connectivity index (χ1v) is 8.77. The molecule has 0 radical (unpaired) electrons. The van der Waals surface area contributed by atoms with Gasteiger partial charge in [0.1, 0.15) is 0 Å². The van der Waals surface area contributed by atoms with Gasteiger partial charge in [0, 0.05) is 22.2 Å². The van der Waals surface area contributed by atoms with E-state index in [-0.39, 0.29) is 5.02 Å². The number of nitrogens with zero attached hydrogens (tertiary/aromatic N) is 1. The van der Waals surface area contributed by atoms with Crippen molar-refractivity contribution in [3.8, 4) is 0 Å². The normalized spacial score (nSPS) is 12.8. The zero-order valence-electron chi connectivity index (χ0n) is 12.2. The van der Waals surface area contributed by atoms with Gasteiger partial charge in [0.25, 0.3) is 0 Å². The highest BCUT2D eigenvalue weighted by Crippen LogP contribution is 2.28. The fourth-order valence-electron chi connectivity index (χ4n) is 2.02. The van der Waals surface area contributed by atoms with E-state index in [0.717, 1.165) is 12.1 Å². The van der Waals surface area contributed by atoms with Gasteiger partial charge >= 0.3 is 5.69 Å². The van der Waals surface area contributed by atoms with Crippen molar-refractivity contribution in [3.63, 3.8) is 0 Å². The molecule has 0 aromatic heterocycles. The number of benzene rings is 2. The number of nitro benzene ring substituents is 1. The van der Waals surface area contributed by atoms with Gasteiger partial charge in [-0.05, 0) is 36.8 Å². The first-order chi connectivity index (χ1) is 11.1. The Morgan fingerprint density at radius 3 is 2.46 bits per heavy atom. The molecule has 0 saturated heterocycles. The lowest BCUT2D eigenvalue weighted by atomic mass is 10.1. The number of nitro groups is 1. The lowest BCUT2D eigenvalue weighted by Gasteiger charge is -2.16. The van der Waals surface area contributed by atoms with Gasteiger partial charge in [-0.15, -0.1) is 0 Å². The van der Waals surface area contributed by atoms with Crippen molar-refractivity contribution in [2.75, 3.05) is 0 Å². The molecule has 0 aliphatic carbocycles. The zero-order valence-corrected chi connectivity index (χ0v) is 14.5. The molecule has 0 aliphatic rings. The standard InChI is InChI=1S/C14H11Cl2FN2O4S/c1-8(11-4-2-9(15)6-12(11)16)18-24(22,23)10-3-5-13(17)14(7-10)19(20)21/h2-8,18H,1H3/t8-/m1/s1. The van der Waals surface area contributed by atoms with Gasteiger partial charge < -0.3 is 0 Å². The van der Waals surface area contributed by atoms with Crippen molar-refractivity contribution in [3.05, 3.63) is 67.9 Å². The minimum atomic E-state index is -4.12. The van der Waals surface area contributed by atoms with Crippen LogP contribution in [-0.4, -0.2) is 13.3 Å². The summed E-state index contributed by atoms with van der Waals surface area (Å²) >= 11 is 11.8. The van der Waals surface area contributed by atoms with E-state index in [9.17, 15) is 22.9 Å². The van der Waals surface area contributed by atoms with Crippen LogP contribution >= 0.6 is 23.2 Å². The summed E-state index contributed by atoms with van der Waals surface area (Å²) in [5.74, 6) is -1.12. The van der Waals surface area contributed by atoms with E-state index in [2.05, 4.69) is 4.72 Å². The maximum Gasteiger partial charge on any atom is 0.306 e. The van der Waals surface area contributed by atoms with Crippen LogP contribution in [0.25, 0.3) is 0 Å². The summed E-state index contributed by atoms with van der Waals surface area (Å²) in [5, 5.41) is 11.4. The Hall–Kier alpha value is -1.74. The summed E-state index contributed by atoms with van der Waals surface area (Å²) in [5.41, 5.74) is -0.448. The van der Waals surface area contributed by atoms with Gasteiger partial charge in [0.2, 0.25) is 15.8 Å². The van der Waals surface area contributed by atoms with Crippen LogP contribution in [0.3, 0.4) is 0 Å². The van der Waals surface area contributed by atoms with E-state index in [1.807, 2.05) is 0 Å². The summed E-state index contributed by atoms with van der Waals surface area (Å²) in [6.07, 6.45) is 0. The van der Waals surface area contributed by atoms with E-state index >= 15 is 0 Å². The molecular formula is C14H11Cl2FN2O4S. The first kappa shape index (κ1) is 18.6. The number of hydrogen-bond acceptors (Lipinski definition) is 4. The second kappa shape index (κ2) is 7.02. The van der Waals surface area contributed by atoms with Crippen molar-refractivity contribution in [2.45, 2.75) is 17.9 Å². The summed E-state index contributed by atoms with van der Waals surface area (Å²) in [6, 6.07) is 6.18. The third-order valence-electron chi connectivity index (χ3n) is 3.19. The number of hydrogen-bond donors (Lipinski definition) is 1. The van der Waals surface area contributed by atoms with Crippen LogP contribution < -0.4 is 4.72 Å². The van der Waals surface area contributed by atoms with Crippen LogP contribution in [0.15, 0.2) is 41.3 Å². The summed E-state index contributed by atoms with van der Waals surface area (Å²) in [7, 11) is -4.12. The predicted molar refractivity (Wildman–Crippen MR) is 88.3 cm³/mol. The third-order valence-corrected chi connectivity index (χ3v) is 5.29. The van der Waals surface area contributed by atoms with Crippen molar-refractivity contribution < 1.29 is 17.7 Å². The lowest BCUT2D eigenvalue weighted by molar-refractivity contribution is -0.387. The molecule has 0 spiro atoms. The van der Waals surface area contributed by atoms with Crippen molar-refractivity contribution in [1.82, 2.24) is 4.72 Å². The quantitative estimate of drug-likeness (QED) is 0.612. The Bertz CT molecular complexity index is 906. The van der Waals surface area contributed by atoms with Crippen LogP contribution in [0.1, 0.15) is 18.5 Å². The van der Waals surface area contributed by atoms with E-state index in [1.54, 1.807) is 19.1 Å². The van der Waals surface area contributed by atoms with E-state index in [1.165, 1.54) is 6.07 Å². The smallest absolute Gasteiger partial charge is 0.258 e. The van der Waals surface area contributed by atoms with Gasteiger partial charge in [-0.3, -0.25) is 10.1 Å². The molecule has 0 fully saturated rings. The van der Waals surface area contributed by atoms with Crippen molar-refractivity contribution >= 4 is 38.9 Å². The van der Waals surface area contributed by atoms with Gasteiger partial charge in [0.05, 0.1) is 9.82 Å². The van der Waals surface area contributed by atoms with Gasteiger partial charge in [0.15, 0.2) is 0 Å². The summed E-state index contributed by atoms with van der Waals surface area (Å²) < 4.78 is 40.4. The van der Waals surface area contributed by atoms with Crippen molar-refractivity contribution in [2.24, 2.45) is 0 Å². The molecule has 0 amide bonds. The van der Waals surface area contributed by atoms with E-state index in [0.29, 0.717) is 16.7 Å². The lowest BCUT2D eigenvalue weighted by Crippen LogP contribution is -2.27. The monoisotopic (exact) mass is 392 g/mol. The molecule has 0 saturated carbocycles. The first-order valence-electron chi connectivity index (χ1n) is 6.53. The highest BCUT2D eigenvalue weighted by atomic mass is 35.5. The molecule has 0 aliphatic heterocycles. The third kappa shape index (κ3) is 4.02. The molecule has 1 atom stereocenters. The van der Waals surface area contributed by atoms with Crippen LogP contribution in [0.5, 0.6) is 0 Å². The van der Waals surface area contributed by atoms with E-state index in [4.69, 9.17) is 23.2 Å². The minimum absolute atomic E-state index is 0.266. The Labute approximate surface area is 147 Å². The van der Waals surface area contributed by atoms with Crippen molar-refractivity contribution in [1.29, 1.82) is 0 Å². The second-order valence-corrected chi connectivity index (χ2v) is 7.44. The average molecular weight is 393 g/mol. The second-order valence-electron chi connectivity index (χ2n) is 4.88. The summed E-state index contributed by atoms with van der Waals surface area (Å²) in [6.45, 7) is 1.55. The molecule has 128 valence electrons. The molecule has 0 heterocycles. The molecule has 10 heteroatoms. The van der Waals surface area contributed by atoms with Gasteiger partial charge in [-0.1, -0.05) is 29.3 Å². The maximum absolute atomic E-state index is 13.3. The van der Waals surface area contributed by atoms with Gasteiger partial charge in [-0.25, -0.2) is 13.1 Å². The molecule has 2 aromatic carbocycles. The number of nitrogens with one attached hydrogen (secondary N) is 1. The molecule has 24 heavy (non-hydrogen) atoms. The zero-order chi connectivity index (χ0) is 18.1. The molecule has 0 bridgehead atoms. The Morgan fingerprint density at radius 1 is 1.21 bits per heavy atom. The summed E-state index contributed by atoms with van der Waals surface area (Å²) in [4.78, 5) is 9.33. The highest BCUT2D eigenvalue weighted by molar-refractivity contribution is 7.89. The van der Waals surface area contributed by atoms with Crippen LogP contribution in [0.2, 0.25) is 10.0 Å². The molecule has 6 nitrogen and oxygen atoms in total. The van der Waals surface area contributed by atoms with Crippen LogP contribution in [-0.2, 0) is 10.0 Å². The maximum atomic E-state index is 13.3. The molecular weight excluding hydrogens is 382 g/mol. The number of sulfonamides is 1. The Balaban J connectivity index is 2.34. The average Bonchev–Trinajstić information content (AvgIpc) is 2.46. The van der Waals surface area contributed by atoms with Crippen LogP contribution in [0, 0.1) is 15.9 Å². The fraction of sp³-hybridized carbons (Fsp3) is 0.143. The Kier molecular flexibility index (Phi) is 5.44. The fourth-order valence-corrected chi connectivity index (χ4v) is 3.83. The van der Waals surface area contributed by atoms with Crippen LogP contribution in [0.4, 0.5) is 10.1 Å². The highest BCUT2D eigenvalue weighted by Gasteiger charge is 2.24. The van der Waals surface area contributed by atoms with Gasteiger partial charge in [-0.2, -0.15) is 4.39 Å². The van der Waals surface area contributed by atoms with E-state index < -0.39 is 37.4 Å². The largest absolute Gasteiger partial charge is 0.306 e. The SMILES string of the molecule is C[C@@H](NS(=O)(=O)c1ccc(F)c([N+](=O)[O-])c1)c1ccc(Cl)cc1Cl. The topological polar surface area (TPSA) is 89.3 Å². The number of rotatable bonds is 5. The molecule has 2 rings (SSSR count).